The van der Waals surface area contributed by atoms with Gasteiger partial charge in [0.25, 0.3) is 0 Å². The van der Waals surface area contributed by atoms with Crippen LogP contribution in [0, 0.1) is 0 Å². The quantitative estimate of drug-likeness (QED) is 0.913. The molecule has 0 unspecified atom stereocenters. The Labute approximate surface area is 110 Å². The van der Waals surface area contributed by atoms with Crippen molar-refractivity contribution in [3.05, 3.63) is 24.3 Å². The fourth-order valence-corrected chi connectivity index (χ4v) is 3.96. The summed E-state index contributed by atoms with van der Waals surface area (Å²) < 4.78 is 34.2. The minimum atomic E-state index is -3.16. The van der Waals surface area contributed by atoms with Gasteiger partial charge in [-0.15, -0.1) is 0 Å². The first-order valence-electron chi connectivity index (χ1n) is 5.87. The van der Waals surface area contributed by atoms with Crippen LogP contribution in [0.4, 0.5) is 5.69 Å². The monoisotopic (exact) mass is 287 g/mol. The van der Waals surface area contributed by atoms with Gasteiger partial charge in [-0.25, -0.2) is 8.42 Å². The fraction of sp³-hybridized carbons (Fsp3) is 0.500. The van der Waals surface area contributed by atoms with E-state index in [-0.39, 0.29) is 6.04 Å². The molecule has 0 saturated carbocycles. The highest BCUT2D eigenvalue weighted by Gasteiger charge is 2.17. The fourth-order valence-electron chi connectivity index (χ4n) is 1.99. The van der Waals surface area contributed by atoms with E-state index in [0.29, 0.717) is 4.90 Å². The SMILES string of the molecule is CS(=O)(=O)c1cccc(NC2CCS(=O)CC2)c1. The molecule has 0 spiro atoms. The smallest absolute Gasteiger partial charge is 0.175 e. The summed E-state index contributed by atoms with van der Waals surface area (Å²) in [6.45, 7) is 0. The van der Waals surface area contributed by atoms with Crippen molar-refractivity contribution in [2.45, 2.75) is 23.8 Å². The van der Waals surface area contributed by atoms with Crippen LogP contribution in [0.5, 0.6) is 0 Å². The molecular formula is C12H17NO3S2. The molecule has 0 amide bonds. The lowest BCUT2D eigenvalue weighted by Crippen LogP contribution is -2.29. The summed E-state index contributed by atoms with van der Waals surface area (Å²) in [5.74, 6) is 1.45. The molecule has 1 saturated heterocycles. The largest absolute Gasteiger partial charge is 0.382 e. The Morgan fingerprint density at radius 1 is 1.28 bits per heavy atom. The molecule has 1 N–H and O–H groups in total. The van der Waals surface area contributed by atoms with E-state index in [1.807, 2.05) is 6.07 Å². The van der Waals surface area contributed by atoms with Crippen LogP contribution in [0.2, 0.25) is 0 Å². The zero-order valence-corrected chi connectivity index (χ0v) is 11.9. The number of hydrogen-bond donors (Lipinski definition) is 1. The van der Waals surface area contributed by atoms with E-state index in [4.69, 9.17) is 0 Å². The third-order valence-corrected chi connectivity index (χ3v) is 5.51. The van der Waals surface area contributed by atoms with Gasteiger partial charge >= 0.3 is 0 Å². The second kappa shape index (κ2) is 5.40. The molecular weight excluding hydrogens is 270 g/mol. The van der Waals surface area contributed by atoms with Crippen molar-refractivity contribution >= 4 is 26.3 Å². The van der Waals surface area contributed by atoms with E-state index in [0.717, 1.165) is 30.0 Å². The van der Waals surface area contributed by atoms with Gasteiger partial charge in [0.1, 0.15) is 0 Å². The molecule has 1 aliphatic heterocycles. The molecule has 1 aliphatic rings. The van der Waals surface area contributed by atoms with E-state index in [1.54, 1.807) is 18.2 Å². The van der Waals surface area contributed by atoms with Gasteiger partial charge in [-0.3, -0.25) is 4.21 Å². The Morgan fingerprint density at radius 2 is 1.94 bits per heavy atom. The third kappa shape index (κ3) is 3.55. The summed E-state index contributed by atoms with van der Waals surface area (Å²) in [4.78, 5) is 0.326. The predicted molar refractivity (Wildman–Crippen MR) is 74.1 cm³/mol. The average Bonchev–Trinajstić information content (AvgIpc) is 2.31. The lowest BCUT2D eigenvalue weighted by Gasteiger charge is -2.23. The maximum absolute atomic E-state index is 11.5. The molecule has 1 fully saturated rings. The minimum absolute atomic E-state index is 0.289. The molecule has 0 aliphatic carbocycles. The molecule has 4 nitrogen and oxygen atoms in total. The molecule has 1 heterocycles. The van der Waals surface area contributed by atoms with Crippen LogP contribution < -0.4 is 5.32 Å². The van der Waals surface area contributed by atoms with Gasteiger partial charge in [0, 0.05) is 40.3 Å². The van der Waals surface area contributed by atoms with Crippen LogP contribution in [0.15, 0.2) is 29.2 Å². The van der Waals surface area contributed by atoms with Gasteiger partial charge in [0.05, 0.1) is 4.90 Å². The summed E-state index contributed by atoms with van der Waals surface area (Å²) in [7, 11) is -3.84. The predicted octanol–water partition coefficient (Wildman–Crippen LogP) is 1.41. The Kier molecular flexibility index (Phi) is 4.07. The van der Waals surface area contributed by atoms with Gasteiger partial charge in [-0.2, -0.15) is 0 Å². The maximum atomic E-state index is 11.5. The lowest BCUT2D eigenvalue weighted by atomic mass is 10.1. The van der Waals surface area contributed by atoms with Crippen molar-refractivity contribution in [1.82, 2.24) is 0 Å². The van der Waals surface area contributed by atoms with Crippen molar-refractivity contribution in [3.63, 3.8) is 0 Å². The molecule has 1 aromatic rings. The molecule has 2 rings (SSSR count). The first-order valence-corrected chi connectivity index (χ1v) is 9.25. The van der Waals surface area contributed by atoms with Crippen molar-refractivity contribution in [1.29, 1.82) is 0 Å². The molecule has 18 heavy (non-hydrogen) atoms. The Hall–Kier alpha value is -0.880. The van der Waals surface area contributed by atoms with Crippen molar-refractivity contribution in [2.75, 3.05) is 23.1 Å². The van der Waals surface area contributed by atoms with Gasteiger partial charge in [0.2, 0.25) is 0 Å². The molecule has 1 aromatic carbocycles. The van der Waals surface area contributed by atoms with E-state index in [9.17, 15) is 12.6 Å². The van der Waals surface area contributed by atoms with Crippen LogP contribution in [0.25, 0.3) is 0 Å². The molecule has 6 heteroatoms. The molecule has 100 valence electrons. The number of hydrogen-bond acceptors (Lipinski definition) is 4. The highest BCUT2D eigenvalue weighted by atomic mass is 32.2. The van der Waals surface area contributed by atoms with Crippen LogP contribution >= 0.6 is 0 Å². The van der Waals surface area contributed by atoms with Crippen LogP contribution in [0.3, 0.4) is 0 Å². The van der Waals surface area contributed by atoms with Crippen molar-refractivity contribution < 1.29 is 12.6 Å². The van der Waals surface area contributed by atoms with Gasteiger partial charge < -0.3 is 5.32 Å². The Bertz CT molecular complexity index is 544. The highest BCUT2D eigenvalue weighted by molar-refractivity contribution is 7.90. The highest BCUT2D eigenvalue weighted by Crippen LogP contribution is 2.19. The topological polar surface area (TPSA) is 63.2 Å². The van der Waals surface area contributed by atoms with Crippen molar-refractivity contribution in [2.24, 2.45) is 0 Å². The Morgan fingerprint density at radius 3 is 2.56 bits per heavy atom. The Balaban J connectivity index is 2.08. The van der Waals surface area contributed by atoms with Crippen LogP contribution in [0.1, 0.15) is 12.8 Å². The number of benzene rings is 1. The zero-order chi connectivity index (χ0) is 13.2. The maximum Gasteiger partial charge on any atom is 0.175 e. The second-order valence-corrected chi connectivity index (χ2v) is 8.28. The van der Waals surface area contributed by atoms with E-state index in [2.05, 4.69) is 5.32 Å². The summed E-state index contributed by atoms with van der Waals surface area (Å²) in [6, 6.07) is 7.13. The van der Waals surface area contributed by atoms with E-state index >= 15 is 0 Å². The van der Waals surface area contributed by atoms with Crippen LogP contribution in [-0.2, 0) is 20.6 Å². The van der Waals surface area contributed by atoms with Gasteiger partial charge in [-0.1, -0.05) is 6.07 Å². The van der Waals surface area contributed by atoms with Gasteiger partial charge in [-0.05, 0) is 31.0 Å². The first kappa shape index (κ1) is 13.5. The minimum Gasteiger partial charge on any atom is -0.382 e. The zero-order valence-electron chi connectivity index (χ0n) is 10.3. The number of sulfone groups is 1. The third-order valence-electron chi connectivity index (χ3n) is 3.02. The lowest BCUT2D eigenvalue weighted by molar-refractivity contribution is 0.602. The molecule has 0 bridgehead atoms. The van der Waals surface area contributed by atoms with Crippen molar-refractivity contribution in [3.8, 4) is 0 Å². The molecule has 0 aromatic heterocycles. The average molecular weight is 287 g/mol. The molecule has 0 atom stereocenters. The standard InChI is InChI=1S/C12H17NO3S2/c1-18(15,16)12-4-2-3-11(9-12)13-10-5-7-17(14)8-6-10/h2-4,9-10,13H,5-8H2,1H3. The number of rotatable bonds is 3. The van der Waals surface area contributed by atoms with E-state index < -0.39 is 20.6 Å². The van der Waals surface area contributed by atoms with Crippen LogP contribution in [-0.4, -0.2) is 36.4 Å². The normalized spacial score (nSPS) is 24.7. The van der Waals surface area contributed by atoms with E-state index in [1.165, 1.54) is 6.26 Å². The van der Waals surface area contributed by atoms with Gasteiger partial charge in [0.15, 0.2) is 9.84 Å². The molecule has 0 radical (unpaired) electrons. The summed E-state index contributed by atoms with van der Waals surface area (Å²) >= 11 is 0. The number of nitrogens with one attached hydrogen (secondary N) is 1. The first-order chi connectivity index (χ1) is 8.45. The summed E-state index contributed by atoms with van der Waals surface area (Å²) in [5.41, 5.74) is 0.815. The second-order valence-electron chi connectivity index (χ2n) is 4.57. The number of anilines is 1. The summed E-state index contributed by atoms with van der Waals surface area (Å²) in [6.07, 6.45) is 2.95. The summed E-state index contributed by atoms with van der Waals surface area (Å²) in [5, 5.41) is 3.32.